The highest BCUT2D eigenvalue weighted by atomic mass is 16.5. The average molecular weight is 295 g/mol. The van der Waals surface area contributed by atoms with E-state index >= 15 is 0 Å². The van der Waals surface area contributed by atoms with Crippen molar-refractivity contribution in [2.75, 3.05) is 34.5 Å². The van der Waals surface area contributed by atoms with Crippen LogP contribution in [0.5, 0.6) is 5.75 Å². The molecule has 1 rings (SSSR count). The van der Waals surface area contributed by atoms with Crippen LogP contribution in [0.2, 0.25) is 0 Å². The lowest BCUT2D eigenvalue weighted by Gasteiger charge is -2.39. The predicted octanol–water partition coefficient (Wildman–Crippen LogP) is 3.18. The Morgan fingerprint density at radius 1 is 1.10 bits per heavy atom. The number of likely N-dealkylation sites (N-methyl/N-ethyl adjacent to an activating group) is 1. The second-order valence-corrected chi connectivity index (χ2v) is 5.08. The third-order valence-corrected chi connectivity index (χ3v) is 4.19. The first-order valence-electron chi connectivity index (χ1n) is 7.62. The molecule has 1 atom stereocenters. The molecular formula is C17H29NO3. The first-order chi connectivity index (χ1) is 10.2. The number of hydrogen-bond donors (Lipinski definition) is 1. The Labute approximate surface area is 128 Å². The Kier molecular flexibility index (Phi) is 7.72. The molecule has 21 heavy (non-hydrogen) atoms. The molecule has 1 aromatic rings. The smallest absolute Gasteiger partial charge is 0.124 e. The molecule has 0 saturated carbocycles. The van der Waals surface area contributed by atoms with Crippen LogP contribution in [0.3, 0.4) is 0 Å². The van der Waals surface area contributed by atoms with Crippen LogP contribution in [0.25, 0.3) is 0 Å². The van der Waals surface area contributed by atoms with Gasteiger partial charge in [0.15, 0.2) is 0 Å². The normalized spacial score (nSPS) is 13.2. The largest absolute Gasteiger partial charge is 0.491 e. The van der Waals surface area contributed by atoms with Crippen LogP contribution in [0.1, 0.15) is 38.3 Å². The summed E-state index contributed by atoms with van der Waals surface area (Å²) in [6, 6.07) is 8.21. The van der Waals surface area contributed by atoms with Crippen LogP contribution in [-0.4, -0.2) is 40.1 Å². The molecule has 0 saturated heterocycles. The van der Waals surface area contributed by atoms with Crippen LogP contribution in [0.4, 0.5) is 0 Å². The molecule has 1 aromatic carbocycles. The minimum atomic E-state index is -0.241. The summed E-state index contributed by atoms with van der Waals surface area (Å²) in [5, 5.41) is 3.41. The van der Waals surface area contributed by atoms with Crippen molar-refractivity contribution in [2.45, 2.75) is 38.3 Å². The van der Waals surface area contributed by atoms with E-state index in [-0.39, 0.29) is 11.6 Å². The van der Waals surface area contributed by atoms with E-state index in [1.807, 2.05) is 25.2 Å². The van der Waals surface area contributed by atoms with E-state index in [4.69, 9.17) is 14.2 Å². The summed E-state index contributed by atoms with van der Waals surface area (Å²) in [7, 11) is 5.43. The first-order valence-corrected chi connectivity index (χ1v) is 7.62. The zero-order valence-corrected chi connectivity index (χ0v) is 13.9. The van der Waals surface area contributed by atoms with Gasteiger partial charge in [-0.1, -0.05) is 32.0 Å². The quantitative estimate of drug-likeness (QED) is 0.673. The van der Waals surface area contributed by atoms with Crippen molar-refractivity contribution < 1.29 is 14.2 Å². The highest BCUT2D eigenvalue weighted by Gasteiger charge is 2.37. The fourth-order valence-corrected chi connectivity index (χ4v) is 2.85. The summed E-state index contributed by atoms with van der Waals surface area (Å²) in [5.41, 5.74) is 0.886. The van der Waals surface area contributed by atoms with Gasteiger partial charge in [-0.05, 0) is 26.0 Å². The molecule has 120 valence electrons. The number of methoxy groups -OCH3 is 2. The Bertz CT molecular complexity index is 397. The summed E-state index contributed by atoms with van der Waals surface area (Å²) >= 11 is 0. The molecule has 0 aromatic heterocycles. The monoisotopic (exact) mass is 295 g/mol. The van der Waals surface area contributed by atoms with Crippen molar-refractivity contribution in [3.05, 3.63) is 29.8 Å². The summed E-state index contributed by atoms with van der Waals surface area (Å²) in [5.74, 6) is 0.886. The SMILES string of the molecule is CCC(CC)(OC)C(NC)c1ccccc1OCCOC. The topological polar surface area (TPSA) is 39.7 Å². The third-order valence-electron chi connectivity index (χ3n) is 4.19. The molecule has 1 unspecified atom stereocenters. The zero-order valence-electron chi connectivity index (χ0n) is 13.9. The van der Waals surface area contributed by atoms with Gasteiger partial charge in [0, 0.05) is 19.8 Å². The molecule has 0 fully saturated rings. The average Bonchev–Trinajstić information content (AvgIpc) is 2.54. The molecule has 0 bridgehead atoms. The lowest BCUT2D eigenvalue weighted by atomic mass is 9.83. The van der Waals surface area contributed by atoms with E-state index < -0.39 is 0 Å². The number of para-hydroxylation sites is 1. The molecule has 1 N–H and O–H groups in total. The summed E-state index contributed by atoms with van der Waals surface area (Å²) in [4.78, 5) is 0. The first kappa shape index (κ1) is 18.0. The van der Waals surface area contributed by atoms with Crippen LogP contribution in [0.15, 0.2) is 24.3 Å². The van der Waals surface area contributed by atoms with Gasteiger partial charge >= 0.3 is 0 Å². The third kappa shape index (κ3) is 4.19. The van der Waals surface area contributed by atoms with Crippen molar-refractivity contribution in [3.8, 4) is 5.75 Å². The minimum absolute atomic E-state index is 0.0799. The molecule has 0 heterocycles. The molecule has 0 amide bonds. The predicted molar refractivity (Wildman–Crippen MR) is 85.9 cm³/mol. The van der Waals surface area contributed by atoms with Gasteiger partial charge in [-0.15, -0.1) is 0 Å². The van der Waals surface area contributed by atoms with E-state index in [1.54, 1.807) is 14.2 Å². The van der Waals surface area contributed by atoms with Crippen LogP contribution >= 0.6 is 0 Å². The van der Waals surface area contributed by atoms with Gasteiger partial charge in [-0.3, -0.25) is 0 Å². The van der Waals surface area contributed by atoms with Gasteiger partial charge in [-0.2, -0.15) is 0 Å². The van der Waals surface area contributed by atoms with E-state index in [1.165, 1.54) is 0 Å². The number of rotatable bonds is 10. The molecule has 0 aliphatic heterocycles. The Hall–Kier alpha value is -1.10. The molecule has 0 radical (unpaired) electrons. The highest BCUT2D eigenvalue weighted by molar-refractivity contribution is 5.37. The number of benzene rings is 1. The maximum atomic E-state index is 5.88. The standard InChI is InChI=1S/C17H29NO3/c1-6-17(7-2,20-5)16(18-3)14-10-8-9-11-15(14)21-13-12-19-4/h8-11,16,18H,6-7,12-13H2,1-5H3. The lowest BCUT2D eigenvalue weighted by molar-refractivity contribution is -0.0474. The lowest BCUT2D eigenvalue weighted by Crippen LogP contribution is -2.43. The van der Waals surface area contributed by atoms with Crippen molar-refractivity contribution in [2.24, 2.45) is 0 Å². The fourth-order valence-electron chi connectivity index (χ4n) is 2.85. The van der Waals surface area contributed by atoms with Gasteiger partial charge in [0.1, 0.15) is 12.4 Å². The Balaban J connectivity index is 3.09. The molecular weight excluding hydrogens is 266 g/mol. The van der Waals surface area contributed by atoms with Crippen molar-refractivity contribution in [1.29, 1.82) is 0 Å². The summed E-state index contributed by atoms with van der Waals surface area (Å²) in [6.45, 7) is 5.44. The van der Waals surface area contributed by atoms with Gasteiger partial charge in [0.2, 0.25) is 0 Å². The number of hydrogen-bond acceptors (Lipinski definition) is 4. The second kappa shape index (κ2) is 9.03. The van der Waals surface area contributed by atoms with E-state index in [9.17, 15) is 0 Å². The summed E-state index contributed by atoms with van der Waals surface area (Å²) in [6.07, 6.45) is 1.86. The maximum Gasteiger partial charge on any atom is 0.124 e. The summed E-state index contributed by atoms with van der Waals surface area (Å²) < 4.78 is 16.8. The van der Waals surface area contributed by atoms with Crippen molar-refractivity contribution >= 4 is 0 Å². The number of nitrogens with one attached hydrogen (secondary N) is 1. The molecule has 4 heteroatoms. The Morgan fingerprint density at radius 2 is 1.76 bits per heavy atom. The van der Waals surface area contributed by atoms with E-state index in [0.717, 1.165) is 24.2 Å². The number of ether oxygens (including phenoxy) is 3. The zero-order chi connectivity index (χ0) is 15.7. The van der Waals surface area contributed by atoms with E-state index in [0.29, 0.717) is 13.2 Å². The highest BCUT2D eigenvalue weighted by Crippen LogP contribution is 2.38. The van der Waals surface area contributed by atoms with Gasteiger partial charge in [0.05, 0.1) is 18.2 Å². The molecule has 4 nitrogen and oxygen atoms in total. The van der Waals surface area contributed by atoms with Gasteiger partial charge in [-0.25, -0.2) is 0 Å². The van der Waals surface area contributed by atoms with Crippen molar-refractivity contribution in [3.63, 3.8) is 0 Å². The van der Waals surface area contributed by atoms with Crippen molar-refractivity contribution in [1.82, 2.24) is 5.32 Å². The maximum absolute atomic E-state index is 5.88. The van der Waals surface area contributed by atoms with E-state index in [2.05, 4.69) is 25.2 Å². The van der Waals surface area contributed by atoms with Gasteiger partial charge in [0.25, 0.3) is 0 Å². The van der Waals surface area contributed by atoms with Crippen LogP contribution in [0, 0.1) is 0 Å². The van der Waals surface area contributed by atoms with Crippen LogP contribution < -0.4 is 10.1 Å². The minimum Gasteiger partial charge on any atom is -0.491 e. The molecule has 0 aliphatic rings. The Morgan fingerprint density at radius 3 is 2.29 bits per heavy atom. The van der Waals surface area contributed by atoms with Crippen LogP contribution in [-0.2, 0) is 9.47 Å². The molecule has 0 aliphatic carbocycles. The molecule has 0 spiro atoms. The fraction of sp³-hybridized carbons (Fsp3) is 0.647. The second-order valence-electron chi connectivity index (χ2n) is 5.08. The van der Waals surface area contributed by atoms with Gasteiger partial charge < -0.3 is 19.5 Å².